The summed E-state index contributed by atoms with van der Waals surface area (Å²) < 4.78 is 39.1. The minimum absolute atomic E-state index is 0.0380. The molecule has 2 amide bonds. The van der Waals surface area contributed by atoms with Crippen LogP contribution in [0.5, 0.6) is 0 Å². The predicted octanol–water partition coefficient (Wildman–Crippen LogP) is 3.93. The first-order valence-electron chi connectivity index (χ1n) is 9.04. The van der Waals surface area contributed by atoms with Gasteiger partial charge in [0.1, 0.15) is 0 Å². The number of para-hydroxylation sites is 1. The summed E-state index contributed by atoms with van der Waals surface area (Å²) in [5.41, 5.74) is -1.18. The standard InChI is InChI=1S/C19H23F3N2O2/c1-2-24(18(26)14-10-12-7-8-13(14)9-12)11-17(25)23-16-6-4-3-5-15(16)19(20,21)22/h3-6,12-14H,2,7-11H2,1H3,(H,23,25). The highest BCUT2D eigenvalue weighted by Gasteiger charge is 2.44. The summed E-state index contributed by atoms with van der Waals surface area (Å²) in [6.07, 6.45) is -0.357. The first-order valence-corrected chi connectivity index (χ1v) is 9.04. The molecule has 2 bridgehead atoms. The Bertz CT molecular complexity index is 690. The van der Waals surface area contributed by atoms with Crippen molar-refractivity contribution >= 4 is 17.5 Å². The zero-order valence-electron chi connectivity index (χ0n) is 14.7. The number of fused-ring (bicyclic) bond motifs is 2. The van der Waals surface area contributed by atoms with Gasteiger partial charge in [0.05, 0.1) is 17.8 Å². The summed E-state index contributed by atoms with van der Waals surface area (Å²) in [5, 5.41) is 2.31. The molecule has 7 heteroatoms. The highest BCUT2D eigenvalue weighted by molar-refractivity contribution is 5.95. The second-order valence-corrected chi connectivity index (χ2v) is 7.23. The number of carbonyl (C=O) groups excluding carboxylic acids is 2. The number of nitrogens with one attached hydrogen (secondary N) is 1. The van der Waals surface area contributed by atoms with Crippen LogP contribution in [0.2, 0.25) is 0 Å². The van der Waals surface area contributed by atoms with Gasteiger partial charge in [-0.25, -0.2) is 0 Å². The van der Waals surface area contributed by atoms with Crippen molar-refractivity contribution in [3.05, 3.63) is 29.8 Å². The maximum absolute atomic E-state index is 13.0. The third kappa shape index (κ3) is 3.86. The van der Waals surface area contributed by atoms with E-state index >= 15 is 0 Å². The summed E-state index contributed by atoms with van der Waals surface area (Å²) in [5.74, 6) is 0.318. The number of carbonyl (C=O) groups is 2. The molecular weight excluding hydrogens is 345 g/mol. The van der Waals surface area contributed by atoms with Crippen molar-refractivity contribution < 1.29 is 22.8 Å². The Morgan fingerprint density at radius 3 is 2.50 bits per heavy atom. The largest absolute Gasteiger partial charge is 0.418 e. The quantitative estimate of drug-likeness (QED) is 0.856. The van der Waals surface area contributed by atoms with Crippen molar-refractivity contribution in [1.29, 1.82) is 0 Å². The van der Waals surface area contributed by atoms with Crippen molar-refractivity contribution in [3.63, 3.8) is 0 Å². The molecule has 2 aliphatic carbocycles. The van der Waals surface area contributed by atoms with E-state index < -0.39 is 17.6 Å². The van der Waals surface area contributed by atoms with Gasteiger partial charge < -0.3 is 10.2 Å². The van der Waals surface area contributed by atoms with Gasteiger partial charge in [0.2, 0.25) is 11.8 Å². The SMILES string of the molecule is CCN(CC(=O)Nc1ccccc1C(F)(F)F)C(=O)C1CC2CCC1C2. The Balaban J connectivity index is 1.64. The Morgan fingerprint density at radius 2 is 1.92 bits per heavy atom. The fourth-order valence-electron chi connectivity index (χ4n) is 4.33. The molecule has 26 heavy (non-hydrogen) atoms. The van der Waals surface area contributed by atoms with Crippen LogP contribution >= 0.6 is 0 Å². The highest BCUT2D eigenvalue weighted by atomic mass is 19.4. The molecular formula is C19H23F3N2O2. The fraction of sp³-hybridized carbons (Fsp3) is 0.579. The molecule has 0 heterocycles. The number of halogens is 3. The maximum atomic E-state index is 13.0. The van der Waals surface area contributed by atoms with Gasteiger partial charge in [0.15, 0.2) is 0 Å². The summed E-state index contributed by atoms with van der Waals surface area (Å²) >= 11 is 0. The molecule has 1 aromatic carbocycles. The Hall–Kier alpha value is -2.05. The van der Waals surface area contributed by atoms with Crippen LogP contribution in [0.1, 0.15) is 38.2 Å². The Kier molecular flexibility index (Phi) is 5.25. The summed E-state index contributed by atoms with van der Waals surface area (Å²) in [6, 6.07) is 4.85. The number of likely N-dealkylation sites (N-methyl/N-ethyl adjacent to an activating group) is 1. The number of benzene rings is 1. The van der Waals surface area contributed by atoms with E-state index in [1.165, 1.54) is 29.5 Å². The lowest BCUT2D eigenvalue weighted by atomic mass is 9.87. The number of rotatable bonds is 5. The van der Waals surface area contributed by atoms with Crippen LogP contribution in [0.4, 0.5) is 18.9 Å². The maximum Gasteiger partial charge on any atom is 0.418 e. The molecule has 142 valence electrons. The lowest BCUT2D eigenvalue weighted by Crippen LogP contribution is -2.42. The minimum Gasteiger partial charge on any atom is -0.333 e. The van der Waals surface area contributed by atoms with Crippen LogP contribution in [0.3, 0.4) is 0 Å². The average Bonchev–Trinajstić information content (AvgIpc) is 3.22. The molecule has 0 aromatic heterocycles. The smallest absolute Gasteiger partial charge is 0.333 e. The summed E-state index contributed by atoms with van der Waals surface area (Å²) in [7, 11) is 0. The van der Waals surface area contributed by atoms with Gasteiger partial charge in [0.25, 0.3) is 0 Å². The van der Waals surface area contributed by atoms with Gasteiger partial charge in [-0.1, -0.05) is 18.6 Å². The van der Waals surface area contributed by atoms with Crippen LogP contribution in [0.15, 0.2) is 24.3 Å². The molecule has 2 aliphatic rings. The van der Waals surface area contributed by atoms with Crippen LogP contribution in [0.25, 0.3) is 0 Å². The van der Waals surface area contributed by atoms with Crippen molar-refractivity contribution in [1.82, 2.24) is 4.90 Å². The second kappa shape index (κ2) is 7.29. The zero-order chi connectivity index (χ0) is 18.9. The zero-order valence-corrected chi connectivity index (χ0v) is 14.7. The van der Waals surface area contributed by atoms with E-state index in [-0.39, 0.29) is 24.1 Å². The number of hydrogen-bond acceptors (Lipinski definition) is 2. The number of nitrogens with zero attached hydrogens (tertiary/aromatic N) is 1. The molecule has 2 saturated carbocycles. The van der Waals surface area contributed by atoms with Crippen LogP contribution in [-0.2, 0) is 15.8 Å². The van der Waals surface area contributed by atoms with Crippen molar-refractivity contribution in [2.75, 3.05) is 18.4 Å². The van der Waals surface area contributed by atoms with Crippen molar-refractivity contribution in [2.24, 2.45) is 17.8 Å². The number of anilines is 1. The monoisotopic (exact) mass is 368 g/mol. The fourth-order valence-corrected chi connectivity index (χ4v) is 4.33. The van der Waals surface area contributed by atoms with Crippen LogP contribution in [-0.4, -0.2) is 29.8 Å². The van der Waals surface area contributed by atoms with Gasteiger partial charge in [0, 0.05) is 12.5 Å². The normalized spacial score (nSPS) is 24.5. The molecule has 4 nitrogen and oxygen atoms in total. The predicted molar refractivity (Wildman–Crippen MR) is 91.3 cm³/mol. The van der Waals surface area contributed by atoms with Crippen molar-refractivity contribution in [2.45, 2.75) is 38.8 Å². The lowest BCUT2D eigenvalue weighted by Gasteiger charge is -2.28. The molecule has 3 unspecified atom stereocenters. The van der Waals surface area contributed by atoms with Crippen molar-refractivity contribution in [3.8, 4) is 0 Å². The minimum atomic E-state index is -4.55. The van der Waals surface area contributed by atoms with Gasteiger partial charge in [-0.3, -0.25) is 9.59 Å². The Labute approximate surface area is 150 Å². The van der Waals surface area contributed by atoms with E-state index in [0.717, 1.165) is 25.3 Å². The lowest BCUT2D eigenvalue weighted by molar-refractivity contribution is -0.140. The third-order valence-electron chi connectivity index (χ3n) is 5.59. The molecule has 0 aliphatic heterocycles. The molecule has 1 N–H and O–H groups in total. The first-order chi connectivity index (χ1) is 12.3. The van der Waals surface area contributed by atoms with E-state index in [4.69, 9.17) is 0 Å². The van der Waals surface area contributed by atoms with E-state index in [0.29, 0.717) is 18.4 Å². The van der Waals surface area contributed by atoms with Crippen LogP contribution in [0, 0.1) is 17.8 Å². The molecule has 3 rings (SSSR count). The number of alkyl halides is 3. The summed E-state index contributed by atoms with van der Waals surface area (Å²) in [6.45, 7) is 1.92. The van der Waals surface area contributed by atoms with E-state index in [2.05, 4.69) is 5.32 Å². The molecule has 0 radical (unpaired) electrons. The summed E-state index contributed by atoms with van der Waals surface area (Å²) in [4.78, 5) is 26.5. The molecule has 3 atom stereocenters. The van der Waals surface area contributed by atoms with Gasteiger partial charge in [-0.2, -0.15) is 13.2 Å². The topological polar surface area (TPSA) is 49.4 Å². The average molecular weight is 368 g/mol. The van der Waals surface area contributed by atoms with E-state index in [1.54, 1.807) is 6.92 Å². The van der Waals surface area contributed by atoms with E-state index in [9.17, 15) is 22.8 Å². The first kappa shape index (κ1) is 18.7. The molecule has 1 aromatic rings. The Morgan fingerprint density at radius 1 is 1.19 bits per heavy atom. The van der Waals surface area contributed by atoms with E-state index in [1.807, 2.05) is 0 Å². The third-order valence-corrected chi connectivity index (χ3v) is 5.59. The van der Waals surface area contributed by atoms with Crippen LogP contribution < -0.4 is 5.32 Å². The molecule has 2 fully saturated rings. The second-order valence-electron chi connectivity index (χ2n) is 7.23. The molecule has 0 saturated heterocycles. The van der Waals surface area contributed by atoms with Gasteiger partial charge in [-0.05, 0) is 50.2 Å². The number of amides is 2. The van der Waals surface area contributed by atoms with Gasteiger partial charge in [-0.15, -0.1) is 0 Å². The highest BCUT2D eigenvalue weighted by Crippen LogP contribution is 2.48. The van der Waals surface area contributed by atoms with Gasteiger partial charge >= 0.3 is 6.18 Å². The molecule has 0 spiro atoms. The number of hydrogen-bond donors (Lipinski definition) is 1.